The lowest BCUT2D eigenvalue weighted by molar-refractivity contribution is -0.127. The van der Waals surface area contributed by atoms with E-state index in [0.717, 1.165) is 16.7 Å². The Morgan fingerprint density at radius 3 is 2.20 bits per heavy atom. The van der Waals surface area contributed by atoms with Gasteiger partial charge in [-0.05, 0) is 36.5 Å². The molecule has 3 N–H and O–H groups in total. The van der Waals surface area contributed by atoms with Crippen molar-refractivity contribution >= 4 is 11.8 Å². The van der Waals surface area contributed by atoms with E-state index in [4.69, 9.17) is 5.73 Å². The third-order valence-electron chi connectivity index (χ3n) is 3.33. The van der Waals surface area contributed by atoms with Crippen molar-refractivity contribution in [1.82, 2.24) is 5.32 Å². The normalized spacial score (nSPS) is 12.2. The Hall–Kier alpha value is -1.84. The molecule has 0 bridgehead atoms. The molecule has 1 rings (SSSR count). The molecule has 0 aliphatic rings. The number of carbonyl (C=O) groups is 2. The zero-order valence-electron chi connectivity index (χ0n) is 12.7. The van der Waals surface area contributed by atoms with Gasteiger partial charge in [0.2, 0.25) is 11.8 Å². The summed E-state index contributed by atoms with van der Waals surface area (Å²) in [6.45, 7) is 7.92. The number of nitrogens with two attached hydrogens (primary N) is 1. The first-order chi connectivity index (χ1) is 9.31. The fourth-order valence-electron chi connectivity index (χ4n) is 2.22. The maximum Gasteiger partial charge on any atom is 0.240 e. The van der Waals surface area contributed by atoms with Gasteiger partial charge >= 0.3 is 0 Å². The molecule has 0 heterocycles. The van der Waals surface area contributed by atoms with Crippen molar-refractivity contribution in [3.05, 3.63) is 34.9 Å². The topological polar surface area (TPSA) is 72.2 Å². The minimum Gasteiger partial charge on any atom is -0.368 e. The average Bonchev–Trinajstić information content (AvgIpc) is 2.31. The monoisotopic (exact) mass is 276 g/mol. The highest BCUT2D eigenvalue weighted by Crippen LogP contribution is 2.15. The first-order valence-electron chi connectivity index (χ1n) is 6.95. The number of nitrogens with one attached hydrogen (secondary N) is 1. The van der Waals surface area contributed by atoms with Crippen LogP contribution in [0.2, 0.25) is 0 Å². The van der Waals surface area contributed by atoms with Gasteiger partial charge in [0, 0.05) is 12.8 Å². The Balaban J connectivity index is 2.83. The standard InChI is InChI=1S/C16H24N2O2/c1-10(2)8-15(19)18-14(16(17)20)9-13-11(3)6-5-7-12(13)4/h5-7,10,14H,8-9H2,1-4H3,(H2,17,20)(H,18,19)/t14-/m0/s1. The van der Waals surface area contributed by atoms with Crippen molar-refractivity contribution in [1.29, 1.82) is 0 Å². The molecular weight excluding hydrogens is 252 g/mol. The van der Waals surface area contributed by atoms with E-state index in [1.165, 1.54) is 0 Å². The summed E-state index contributed by atoms with van der Waals surface area (Å²) < 4.78 is 0. The van der Waals surface area contributed by atoms with Crippen LogP contribution in [0.15, 0.2) is 18.2 Å². The van der Waals surface area contributed by atoms with Gasteiger partial charge in [-0.3, -0.25) is 9.59 Å². The molecule has 0 spiro atoms. The summed E-state index contributed by atoms with van der Waals surface area (Å²) in [7, 11) is 0. The Morgan fingerprint density at radius 2 is 1.75 bits per heavy atom. The maximum atomic E-state index is 11.8. The minimum atomic E-state index is -0.652. The third kappa shape index (κ3) is 4.68. The van der Waals surface area contributed by atoms with Crippen LogP contribution >= 0.6 is 0 Å². The van der Waals surface area contributed by atoms with Gasteiger partial charge in [0.25, 0.3) is 0 Å². The van der Waals surface area contributed by atoms with Gasteiger partial charge in [0.05, 0.1) is 0 Å². The molecule has 0 saturated heterocycles. The summed E-state index contributed by atoms with van der Waals surface area (Å²) in [5.41, 5.74) is 8.69. The first kappa shape index (κ1) is 16.2. The molecule has 20 heavy (non-hydrogen) atoms. The molecule has 0 fully saturated rings. The van der Waals surface area contributed by atoms with Gasteiger partial charge in [0.1, 0.15) is 6.04 Å². The van der Waals surface area contributed by atoms with Crippen LogP contribution in [0.1, 0.15) is 37.0 Å². The molecule has 0 unspecified atom stereocenters. The maximum absolute atomic E-state index is 11.8. The van der Waals surface area contributed by atoms with E-state index in [0.29, 0.717) is 12.8 Å². The number of primary amides is 1. The van der Waals surface area contributed by atoms with Crippen molar-refractivity contribution in [3.63, 3.8) is 0 Å². The highest BCUT2D eigenvalue weighted by atomic mass is 16.2. The summed E-state index contributed by atoms with van der Waals surface area (Å²) >= 11 is 0. The Labute approximate surface area is 120 Å². The van der Waals surface area contributed by atoms with Crippen LogP contribution in [0.5, 0.6) is 0 Å². The van der Waals surface area contributed by atoms with E-state index in [1.54, 1.807) is 0 Å². The van der Waals surface area contributed by atoms with Crippen molar-refractivity contribution < 1.29 is 9.59 Å². The van der Waals surface area contributed by atoms with Crippen LogP contribution in [-0.2, 0) is 16.0 Å². The summed E-state index contributed by atoms with van der Waals surface area (Å²) in [6, 6.07) is 5.32. The lowest BCUT2D eigenvalue weighted by Gasteiger charge is -2.19. The van der Waals surface area contributed by atoms with Crippen LogP contribution in [-0.4, -0.2) is 17.9 Å². The average molecular weight is 276 g/mol. The first-order valence-corrected chi connectivity index (χ1v) is 6.95. The lowest BCUT2D eigenvalue weighted by atomic mass is 9.96. The van der Waals surface area contributed by atoms with Gasteiger partial charge in [-0.2, -0.15) is 0 Å². The zero-order chi connectivity index (χ0) is 15.3. The van der Waals surface area contributed by atoms with E-state index < -0.39 is 11.9 Å². The predicted octanol–water partition coefficient (Wildman–Crippen LogP) is 1.86. The quantitative estimate of drug-likeness (QED) is 0.832. The van der Waals surface area contributed by atoms with Crippen molar-refractivity contribution in [3.8, 4) is 0 Å². The number of rotatable bonds is 6. The fourth-order valence-corrected chi connectivity index (χ4v) is 2.22. The molecule has 110 valence electrons. The molecule has 0 radical (unpaired) electrons. The van der Waals surface area contributed by atoms with Gasteiger partial charge in [-0.15, -0.1) is 0 Å². The number of amides is 2. The fraction of sp³-hybridized carbons (Fsp3) is 0.500. The van der Waals surface area contributed by atoms with Crippen LogP contribution in [0, 0.1) is 19.8 Å². The van der Waals surface area contributed by atoms with Crippen LogP contribution in [0.3, 0.4) is 0 Å². The summed E-state index contributed by atoms with van der Waals surface area (Å²) in [6.07, 6.45) is 0.841. The van der Waals surface area contributed by atoms with Crippen LogP contribution in [0.4, 0.5) is 0 Å². The number of hydrogen-bond donors (Lipinski definition) is 2. The van der Waals surface area contributed by atoms with E-state index in [1.807, 2.05) is 45.9 Å². The van der Waals surface area contributed by atoms with Crippen LogP contribution in [0.25, 0.3) is 0 Å². The van der Waals surface area contributed by atoms with Crippen LogP contribution < -0.4 is 11.1 Å². The third-order valence-corrected chi connectivity index (χ3v) is 3.33. The number of hydrogen-bond acceptors (Lipinski definition) is 2. The summed E-state index contributed by atoms with van der Waals surface area (Å²) in [5.74, 6) is -0.372. The number of carbonyl (C=O) groups excluding carboxylic acids is 2. The second-order valence-electron chi connectivity index (χ2n) is 5.69. The molecule has 1 aromatic carbocycles. The van der Waals surface area contributed by atoms with E-state index in [2.05, 4.69) is 5.32 Å². The second kappa shape index (κ2) is 7.08. The Bertz CT molecular complexity index is 475. The molecule has 1 atom stereocenters. The van der Waals surface area contributed by atoms with Gasteiger partial charge < -0.3 is 11.1 Å². The second-order valence-corrected chi connectivity index (χ2v) is 5.69. The minimum absolute atomic E-state index is 0.130. The smallest absolute Gasteiger partial charge is 0.240 e. The Morgan fingerprint density at radius 1 is 1.20 bits per heavy atom. The Kier molecular flexibility index (Phi) is 5.74. The van der Waals surface area contributed by atoms with Crippen molar-refractivity contribution in [2.24, 2.45) is 11.7 Å². The number of benzene rings is 1. The largest absolute Gasteiger partial charge is 0.368 e. The lowest BCUT2D eigenvalue weighted by Crippen LogP contribution is -2.46. The van der Waals surface area contributed by atoms with E-state index >= 15 is 0 Å². The van der Waals surface area contributed by atoms with Crippen molar-refractivity contribution in [2.75, 3.05) is 0 Å². The zero-order valence-corrected chi connectivity index (χ0v) is 12.7. The van der Waals surface area contributed by atoms with Crippen molar-refractivity contribution in [2.45, 2.75) is 46.6 Å². The molecule has 2 amide bonds. The molecule has 0 aliphatic carbocycles. The van der Waals surface area contributed by atoms with E-state index in [9.17, 15) is 9.59 Å². The molecular formula is C16H24N2O2. The molecule has 1 aromatic rings. The summed E-state index contributed by atoms with van der Waals surface area (Å²) in [4.78, 5) is 23.4. The van der Waals surface area contributed by atoms with Gasteiger partial charge in [0.15, 0.2) is 0 Å². The highest BCUT2D eigenvalue weighted by Gasteiger charge is 2.20. The predicted molar refractivity (Wildman–Crippen MR) is 80.2 cm³/mol. The van der Waals surface area contributed by atoms with Gasteiger partial charge in [-0.25, -0.2) is 0 Å². The molecule has 4 nitrogen and oxygen atoms in total. The van der Waals surface area contributed by atoms with Gasteiger partial charge in [-0.1, -0.05) is 32.0 Å². The number of aryl methyl sites for hydroxylation is 2. The highest BCUT2D eigenvalue weighted by molar-refractivity contribution is 5.86. The molecule has 4 heteroatoms. The van der Waals surface area contributed by atoms with E-state index in [-0.39, 0.29) is 11.8 Å². The molecule has 0 aliphatic heterocycles. The SMILES string of the molecule is Cc1cccc(C)c1C[C@H](NC(=O)CC(C)C)C(N)=O. The molecule has 0 aromatic heterocycles. The molecule has 0 saturated carbocycles. The summed E-state index contributed by atoms with van der Waals surface area (Å²) in [5, 5.41) is 2.74.